The van der Waals surface area contributed by atoms with Gasteiger partial charge >= 0.3 is 0 Å². The van der Waals surface area contributed by atoms with Gasteiger partial charge in [0, 0.05) is 61.2 Å². The molecule has 2 heterocycles. The average molecular weight is 888 g/mol. The molecule has 5 heteroatoms. The molecule has 2 aromatic heterocycles. The predicted octanol–water partition coefficient (Wildman–Crippen LogP) is 18.4. The van der Waals surface area contributed by atoms with Crippen LogP contribution in [0.1, 0.15) is 0 Å². The highest BCUT2D eigenvalue weighted by molar-refractivity contribution is 7.22. The number of rotatable bonds is 9. The summed E-state index contributed by atoms with van der Waals surface area (Å²) in [6.07, 6.45) is 0. The van der Waals surface area contributed by atoms with E-state index in [1.807, 2.05) is 12.1 Å². The smallest absolute Gasteiger partial charge is 0.135 e. The van der Waals surface area contributed by atoms with Gasteiger partial charge in [0.2, 0.25) is 0 Å². The molecular formula is C63H41N3OS. The summed E-state index contributed by atoms with van der Waals surface area (Å²) in [6, 6.07) is 88.7. The minimum atomic E-state index is 0.866. The first-order chi connectivity index (χ1) is 33.7. The number of anilines is 6. The second-order valence-electron chi connectivity index (χ2n) is 17.1. The number of fused-ring (bicyclic) bond motifs is 9. The van der Waals surface area contributed by atoms with Crippen molar-refractivity contribution in [2.24, 2.45) is 0 Å². The standard InChI is InChI=1S/C63H41N3OS/c1-4-17-42(18-5-1)51-25-10-11-26-52(51)43-31-33-47(34-32-43)66(50-36-38-60-58(41-50)54-28-14-15-30-59(54)67-60)48-24-16-19-44(39-48)63-64-61-55-37-35-49(40-57(55)53-27-12-13-29-56(53)62(61)68-63)65(45-20-6-2-7-21-45)46-22-8-3-9-23-46/h1-41H. The van der Waals surface area contributed by atoms with Gasteiger partial charge in [-0.3, -0.25) is 0 Å². The second kappa shape index (κ2) is 16.6. The molecule has 68 heavy (non-hydrogen) atoms. The lowest BCUT2D eigenvalue weighted by atomic mass is 9.94. The van der Waals surface area contributed by atoms with E-state index in [1.165, 1.54) is 37.5 Å². The first-order valence-electron chi connectivity index (χ1n) is 22.9. The summed E-state index contributed by atoms with van der Waals surface area (Å²) in [4.78, 5) is 10.2. The second-order valence-corrected chi connectivity index (χ2v) is 18.1. The topological polar surface area (TPSA) is 32.5 Å². The van der Waals surface area contributed by atoms with E-state index in [1.54, 1.807) is 11.3 Å². The summed E-state index contributed by atoms with van der Waals surface area (Å²) >= 11 is 1.76. The molecular weight excluding hydrogens is 847 g/mol. The lowest BCUT2D eigenvalue weighted by molar-refractivity contribution is 0.669. The molecule has 0 unspecified atom stereocenters. The number of thiazole rings is 1. The number of benzene rings is 11. The lowest BCUT2D eigenvalue weighted by Crippen LogP contribution is -2.10. The van der Waals surface area contributed by atoms with Gasteiger partial charge in [0.05, 0.1) is 10.2 Å². The first kappa shape index (κ1) is 39.6. The van der Waals surface area contributed by atoms with E-state index in [4.69, 9.17) is 9.40 Å². The quantitative estimate of drug-likeness (QED) is 0.135. The van der Waals surface area contributed by atoms with Gasteiger partial charge in [-0.1, -0.05) is 164 Å². The van der Waals surface area contributed by atoms with Crippen LogP contribution in [0.25, 0.3) is 86.5 Å². The fourth-order valence-electron chi connectivity index (χ4n) is 9.90. The van der Waals surface area contributed by atoms with Crippen molar-refractivity contribution >= 4 is 99.2 Å². The summed E-state index contributed by atoms with van der Waals surface area (Å²) in [5.41, 5.74) is 15.0. The maximum absolute atomic E-state index is 6.31. The summed E-state index contributed by atoms with van der Waals surface area (Å²) in [5, 5.41) is 7.88. The van der Waals surface area contributed by atoms with E-state index < -0.39 is 0 Å². The van der Waals surface area contributed by atoms with Crippen molar-refractivity contribution in [1.82, 2.24) is 4.98 Å². The molecule has 0 bridgehead atoms. The highest BCUT2D eigenvalue weighted by Crippen LogP contribution is 2.46. The van der Waals surface area contributed by atoms with Crippen molar-refractivity contribution in [3.8, 4) is 32.8 Å². The van der Waals surface area contributed by atoms with E-state index in [2.05, 4.69) is 246 Å². The normalized spacial score (nSPS) is 11.5. The number of para-hydroxylation sites is 3. The van der Waals surface area contributed by atoms with Gasteiger partial charge in [0.15, 0.2) is 0 Å². The summed E-state index contributed by atoms with van der Waals surface area (Å²) in [7, 11) is 0. The monoisotopic (exact) mass is 887 g/mol. The van der Waals surface area contributed by atoms with Crippen LogP contribution < -0.4 is 9.80 Å². The van der Waals surface area contributed by atoms with Gasteiger partial charge in [-0.15, -0.1) is 11.3 Å². The van der Waals surface area contributed by atoms with Crippen LogP contribution in [0.15, 0.2) is 253 Å². The number of hydrogen-bond acceptors (Lipinski definition) is 5. The Balaban J connectivity index is 0.944. The van der Waals surface area contributed by atoms with E-state index in [-0.39, 0.29) is 0 Å². The summed E-state index contributed by atoms with van der Waals surface area (Å²) in [5.74, 6) is 0. The molecule has 320 valence electrons. The van der Waals surface area contributed by atoms with Crippen molar-refractivity contribution in [3.05, 3.63) is 249 Å². The minimum Gasteiger partial charge on any atom is -0.456 e. The highest BCUT2D eigenvalue weighted by atomic mass is 32.1. The maximum Gasteiger partial charge on any atom is 0.135 e. The highest BCUT2D eigenvalue weighted by Gasteiger charge is 2.21. The van der Waals surface area contributed by atoms with Crippen LogP contribution in [0.4, 0.5) is 34.1 Å². The molecule has 0 aliphatic rings. The fraction of sp³-hybridized carbons (Fsp3) is 0. The van der Waals surface area contributed by atoms with Gasteiger partial charge < -0.3 is 14.2 Å². The Hall–Kier alpha value is -8.77. The van der Waals surface area contributed by atoms with E-state index in [9.17, 15) is 0 Å². The number of furan rings is 1. The average Bonchev–Trinajstić information content (AvgIpc) is 4.03. The van der Waals surface area contributed by atoms with Gasteiger partial charge in [0.1, 0.15) is 16.2 Å². The Kier molecular flexibility index (Phi) is 9.66. The molecule has 13 rings (SSSR count). The van der Waals surface area contributed by atoms with E-state index in [0.29, 0.717) is 0 Å². The Bertz CT molecular complexity index is 3940. The van der Waals surface area contributed by atoms with Crippen LogP contribution in [0.2, 0.25) is 0 Å². The van der Waals surface area contributed by atoms with Crippen LogP contribution in [0.5, 0.6) is 0 Å². The Morgan fingerprint density at radius 2 is 0.794 bits per heavy atom. The number of aromatic nitrogens is 1. The molecule has 0 fully saturated rings. The van der Waals surface area contributed by atoms with Crippen LogP contribution in [-0.2, 0) is 0 Å². The zero-order valence-electron chi connectivity index (χ0n) is 36.8. The predicted molar refractivity (Wildman–Crippen MR) is 288 cm³/mol. The Morgan fingerprint density at radius 1 is 0.309 bits per heavy atom. The molecule has 0 saturated heterocycles. The van der Waals surface area contributed by atoms with Gasteiger partial charge in [0.25, 0.3) is 0 Å². The third-order valence-corrected chi connectivity index (χ3v) is 14.2. The van der Waals surface area contributed by atoms with Crippen molar-refractivity contribution in [3.63, 3.8) is 0 Å². The first-order valence-corrected chi connectivity index (χ1v) is 23.8. The molecule has 0 amide bonds. The van der Waals surface area contributed by atoms with Crippen molar-refractivity contribution in [2.75, 3.05) is 9.80 Å². The number of nitrogens with zero attached hydrogens (tertiary/aromatic N) is 3. The molecule has 0 atom stereocenters. The van der Waals surface area contributed by atoms with E-state index >= 15 is 0 Å². The molecule has 13 aromatic rings. The summed E-state index contributed by atoms with van der Waals surface area (Å²) < 4.78 is 7.49. The molecule has 4 nitrogen and oxygen atoms in total. The molecule has 0 spiro atoms. The van der Waals surface area contributed by atoms with Crippen molar-refractivity contribution in [1.29, 1.82) is 0 Å². The minimum absolute atomic E-state index is 0.866. The van der Waals surface area contributed by atoms with Crippen LogP contribution in [0.3, 0.4) is 0 Å². The molecule has 0 aliphatic carbocycles. The number of hydrogen-bond donors (Lipinski definition) is 0. The lowest BCUT2D eigenvalue weighted by Gasteiger charge is -2.26. The zero-order chi connectivity index (χ0) is 45.0. The SMILES string of the molecule is c1ccc(-c2ccccc2-c2ccc(N(c3cccc(-c4nc5c6ccc(N(c7ccccc7)c7ccccc7)cc6c6ccccc6c5s4)c3)c3ccc4oc5ccccc5c4c3)cc2)cc1. The molecule has 11 aromatic carbocycles. The Labute approximate surface area is 397 Å². The Morgan fingerprint density at radius 3 is 1.51 bits per heavy atom. The molecule has 0 aliphatic heterocycles. The third-order valence-electron chi connectivity index (χ3n) is 13.1. The molecule has 0 N–H and O–H groups in total. The zero-order valence-corrected chi connectivity index (χ0v) is 37.6. The molecule has 0 radical (unpaired) electrons. The van der Waals surface area contributed by atoms with Crippen LogP contribution >= 0.6 is 11.3 Å². The third kappa shape index (κ3) is 6.88. The largest absolute Gasteiger partial charge is 0.456 e. The van der Waals surface area contributed by atoms with Crippen molar-refractivity contribution < 1.29 is 4.42 Å². The summed E-state index contributed by atoms with van der Waals surface area (Å²) in [6.45, 7) is 0. The van der Waals surface area contributed by atoms with Gasteiger partial charge in [-0.2, -0.15) is 0 Å². The van der Waals surface area contributed by atoms with Crippen LogP contribution in [-0.4, -0.2) is 4.98 Å². The maximum atomic E-state index is 6.31. The molecule has 0 saturated carbocycles. The van der Waals surface area contributed by atoms with E-state index in [0.717, 1.165) is 83.1 Å². The van der Waals surface area contributed by atoms with Gasteiger partial charge in [-0.05, 0) is 118 Å². The van der Waals surface area contributed by atoms with Gasteiger partial charge in [-0.25, -0.2) is 4.98 Å². The fourth-order valence-corrected chi connectivity index (χ4v) is 11.0. The van der Waals surface area contributed by atoms with Crippen molar-refractivity contribution in [2.45, 2.75) is 0 Å². The van der Waals surface area contributed by atoms with Crippen LogP contribution in [0, 0.1) is 0 Å².